The maximum Gasteiger partial charge on any atom is 0.234 e. The Morgan fingerprint density at radius 3 is 2.90 bits per heavy atom. The van der Waals surface area contributed by atoms with Crippen molar-refractivity contribution in [2.24, 2.45) is 0 Å². The number of nitrogens with one attached hydrogen (secondary N) is 1. The molecular weight excluding hydrogens is 386 g/mol. The molecule has 9 nitrogen and oxygen atoms in total. The Morgan fingerprint density at radius 2 is 2.17 bits per heavy atom. The third-order valence-corrected chi connectivity index (χ3v) is 5.49. The number of β-amino-alcohol motifs (C(OH)–C–C–N with tert-alkyl or cyclic N) is 1. The Balaban J connectivity index is 1.28. The van der Waals surface area contributed by atoms with Crippen LogP contribution in [0.3, 0.4) is 0 Å². The first-order valence-corrected chi connectivity index (χ1v) is 10.3. The van der Waals surface area contributed by atoms with Gasteiger partial charge in [-0.2, -0.15) is 5.10 Å². The molecule has 0 spiro atoms. The zero-order valence-electron chi connectivity index (χ0n) is 17.2. The van der Waals surface area contributed by atoms with Gasteiger partial charge in [-0.25, -0.2) is 0 Å². The maximum atomic E-state index is 11.5. The molecule has 1 atom stereocenters. The number of nitrogens with zero attached hydrogens (tertiary/aromatic N) is 4. The van der Waals surface area contributed by atoms with Crippen LogP contribution in [-0.4, -0.2) is 89.7 Å². The van der Waals surface area contributed by atoms with E-state index in [9.17, 15) is 9.90 Å². The van der Waals surface area contributed by atoms with Gasteiger partial charge in [0.25, 0.3) is 0 Å². The molecule has 2 fully saturated rings. The minimum Gasteiger partial charge on any atom is -0.493 e. The van der Waals surface area contributed by atoms with Gasteiger partial charge in [0.2, 0.25) is 5.91 Å². The third kappa shape index (κ3) is 5.10. The van der Waals surface area contributed by atoms with Gasteiger partial charge in [0, 0.05) is 51.7 Å². The van der Waals surface area contributed by atoms with Gasteiger partial charge < -0.3 is 19.9 Å². The standard InChI is InChI=1S/C21H29N5O4/c1-29-19-4-3-16(10-25-11-17(12-25)26-7-2-5-23-26)9-20(19)30-15-18(27)13-24-8-6-22-21(28)14-24/h2-5,7,9,17-18,27H,6,8,10-15H2,1H3,(H,22,28). The SMILES string of the molecule is COc1ccc(CN2CC(n3cccn3)C2)cc1OCC(O)CN1CCNC(=O)C1. The lowest BCUT2D eigenvalue weighted by molar-refractivity contribution is -0.124. The topological polar surface area (TPSA) is 92.1 Å². The number of methoxy groups -OCH3 is 1. The van der Waals surface area contributed by atoms with Crippen LogP contribution in [0.1, 0.15) is 11.6 Å². The number of carbonyl (C=O) groups excluding carboxylic acids is 1. The summed E-state index contributed by atoms with van der Waals surface area (Å²) < 4.78 is 13.3. The minimum absolute atomic E-state index is 0.00970. The lowest BCUT2D eigenvalue weighted by Crippen LogP contribution is -2.50. The number of rotatable bonds is 9. The molecule has 3 heterocycles. The number of aromatic nitrogens is 2. The van der Waals surface area contributed by atoms with Gasteiger partial charge in [0.1, 0.15) is 12.7 Å². The van der Waals surface area contributed by atoms with Gasteiger partial charge in [0.05, 0.1) is 19.7 Å². The van der Waals surface area contributed by atoms with Gasteiger partial charge in [-0.05, 0) is 23.8 Å². The van der Waals surface area contributed by atoms with Gasteiger partial charge in [-0.3, -0.25) is 19.3 Å². The van der Waals surface area contributed by atoms with Gasteiger partial charge in [-0.1, -0.05) is 6.07 Å². The predicted octanol–water partition coefficient (Wildman–Crippen LogP) is 0.120. The lowest BCUT2D eigenvalue weighted by atomic mass is 10.1. The van der Waals surface area contributed by atoms with Crippen molar-refractivity contribution in [2.75, 3.05) is 53.0 Å². The van der Waals surface area contributed by atoms with Crippen molar-refractivity contribution in [1.82, 2.24) is 24.9 Å². The number of aliphatic hydroxyl groups is 1. The van der Waals surface area contributed by atoms with Crippen LogP contribution in [0.15, 0.2) is 36.7 Å². The van der Waals surface area contributed by atoms with E-state index < -0.39 is 6.10 Å². The molecular formula is C21H29N5O4. The molecule has 9 heteroatoms. The molecule has 2 aliphatic rings. The van der Waals surface area contributed by atoms with Crippen LogP contribution in [0.4, 0.5) is 0 Å². The second kappa shape index (κ2) is 9.46. The second-order valence-electron chi connectivity index (χ2n) is 7.87. The summed E-state index contributed by atoms with van der Waals surface area (Å²) in [5.74, 6) is 1.25. The summed E-state index contributed by atoms with van der Waals surface area (Å²) in [6.07, 6.45) is 3.13. The summed E-state index contributed by atoms with van der Waals surface area (Å²) in [6, 6.07) is 8.29. The quantitative estimate of drug-likeness (QED) is 0.601. The molecule has 0 aliphatic carbocycles. The summed E-state index contributed by atoms with van der Waals surface area (Å²) in [7, 11) is 1.61. The van der Waals surface area contributed by atoms with Crippen molar-refractivity contribution in [3.05, 3.63) is 42.2 Å². The van der Waals surface area contributed by atoms with E-state index in [0.29, 0.717) is 37.2 Å². The molecule has 1 amide bonds. The molecule has 2 aromatic rings. The van der Waals surface area contributed by atoms with E-state index in [1.165, 1.54) is 0 Å². The predicted molar refractivity (Wildman–Crippen MR) is 110 cm³/mol. The number of ether oxygens (including phenoxy) is 2. The molecule has 30 heavy (non-hydrogen) atoms. The van der Waals surface area contributed by atoms with E-state index in [0.717, 1.165) is 31.7 Å². The van der Waals surface area contributed by atoms with Gasteiger partial charge in [-0.15, -0.1) is 0 Å². The molecule has 0 bridgehead atoms. The first kappa shape index (κ1) is 20.6. The number of benzene rings is 1. The Morgan fingerprint density at radius 1 is 1.30 bits per heavy atom. The molecule has 0 radical (unpaired) electrons. The summed E-state index contributed by atoms with van der Waals surface area (Å²) in [5.41, 5.74) is 1.13. The highest BCUT2D eigenvalue weighted by Gasteiger charge is 2.28. The van der Waals surface area contributed by atoms with Crippen molar-refractivity contribution < 1.29 is 19.4 Å². The molecule has 0 saturated carbocycles. The van der Waals surface area contributed by atoms with Gasteiger partial charge >= 0.3 is 0 Å². The van der Waals surface area contributed by atoms with E-state index >= 15 is 0 Å². The highest BCUT2D eigenvalue weighted by Crippen LogP contribution is 2.30. The first-order valence-electron chi connectivity index (χ1n) is 10.3. The van der Waals surface area contributed by atoms with Crippen molar-refractivity contribution in [1.29, 1.82) is 0 Å². The molecule has 162 valence electrons. The minimum atomic E-state index is -0.686. The van der Waals surface area contributed by atoms with Crippen LogP contribution in [0.2, 0.25) is 0 Å². The molecule has 2 aliphatic heterocycles. The highest BCUT2D eigenvalue weighted by atomic mass is 16.5. The van der Waals surface area contributed by atoms with Crippen molar-refractivity contribution in [2.45, 2.75) is 18.7 Å². The van der Waals surface area contributed by atoms with Crippen molar-refractivity contribution in [3.63, 3.8) is 0 Å². The summed E-state index contributed by atoms with van der Waals surface area (Å²) in [5, 5.41) is 17.4. The Labute approximate surface area is 176 Å². The van der Waals surface area contributed by atoms with Crippen molar-refractivity contribution in [3.8, 4) is 11.5 Å². The number of hydrogen-bond acceptors (Lipinski definition) is 7. The number of hydrogen-bond donors (Lipinski definition) is 2. The molecule has 1 unspecified atom stereocenters. The summed E-state index contributed by atoms with van der Waals surface area (Å²) in [4.78, 5) is 15.8. The molecule has 2 saturated heterocycles. The third-order valence-electron chi connectivity index (χ3n) is 5.49. The van der Waals surface area contributed by atoms with E-state index in [2.05, 4.69) is 15.3 Å². The first-order chi connectivity index (χ1) is 14.6. The average molecular weight is 415 g/mol. The number of carbonyl (C=O) groups is 1. The monoisotopic (exact) mass is 415 g/mol. The number of amides is 1. The number of aliphatic hydroxyl groups excluding tert-OH is 1. The van der Waals surface area contributed by atoms with Crippen LogP contribution >= 0.6 is 0 Å². The fraction of sp³-hybridized carbons (Fsp3) is 0.524. The second-order valence-corrected chi connectivity index (χ2v) is 7.87. The zero-order valence-corrected chi connectivity index (χ0v) is 17.2. The van der Waals surface area contributed by atoms with Crippen LogP contribution in [0.25, 0.3) is 0 Å². The summed E-state index contributed by atoms with van der Waals surface area (Å²) in [6.45, 7) is 4.95. The van der Waals surface area contributed by atoms with Crippen LogP contribution in [0, 0.1) is 0 Å². The molecule has 1 aromatic carbocycles. The molecule has 2 N–H and O–H groups in total. The van der Waals surface area contributed by atoms with E-state index in [1.54, 1.807) is 7.11 Å². The number of likely N-dealkylation sites (tertiary alicyclic amines) is 1. The normalized spacial score (nSPS) is 19.2. The summed E-state index contributed by atoms with van der Waals surface area (Å²) >= 11 is 0. The van der Waals surface area contributed by atoms with Crippen LogP contribution in [0.5, 0.6) is 11.5 Å². The van der Waals surface area contributed by atoms with E-state index in [4.69, 9.17) is 9.47 Å². The van der Waals surface area contributed by atoms with E-state index in [-0.39, 0.29) is 12.5 Å². The smallest absolute Gasteiger partial charge is 0.234 e. The fourth-order valence-electron chi connectivity index (χ4n) is 3.91. The molecule has 1 aromatic heterocycles. The van der Waals surface area contributed by atoms with Crippen LogP contribution in [-0.2, 0) is 11.3 Å². The maximum absolute atomic E-state index is 11.5. The Kier molecular flexibility index (Phi) is 6.51. The van der Waals surface area contributed by atoms with Crippen molar-refractivity contribution >= 4 is 5.91 Å². The lowest BCUT2D eigenvalue weighted by Gasteiger charge is -2.39. The highest BCUT2D eigenvalue weighted by molar-refractivity contribution is 5.78. The zero-order chi connectivity index (χ0) is 20.9. The average Bonchev–Trinajstić information content (AvgIpc) is 3.23. The fourth-order valence-corrected chi connectivity index (χ4v) is 3.91. The largest absolute Gasteiger partial charge is 0.493 e. The van der Waals surface area contributed by atoms with Crippen LogP contribution < -0.4 is 14.8 Å². The number of piperazine rings is 1. The Bertz CT molecular complexity index is 838. The Hall–Kier alpha value is -2.62. The molecule has 4 rings (SSSR count). The van der Waals surface area contributed by atoms with E-state index in [1.807, 2.05) is 46.2 Å². The van der Waals surface area contributed by atoms with Gasteiger partial charge in [0.15, 0.2) is 11.5 Å².